The fraction of sp³-hybridized carbons (Fsp3) is 0.143. The third kappa shape index (κ3) is 1.68. The SMILES string of the molecule is COc1ccc(NCl)c(O)c1. The van der Waals surface area contributed by atoms with Gasteiger partial charge in [-0.05, 0) is 12.1 Å². The van der Waals surface area contributed by atoms with E-state index in [-0.39, 0.29) is 5.75 Å². The molecular weight excluding hydrogens is 166 g/mol. The summed E-state index contributed by atoms with van der Waals surface area (Å²) < 4.78 is 4.86. The van der Waals surface area contributed by atoms with Gasteiger partial charge >= 0.3 is 0 Å². The Morgan fingerprint density at radius 3 is 2.73 bits per heavy atom. The van der Waals surface area contributed by atoms with Crippen molar-refractivity contribution in [3.63, 3.8) is 0 Å². The molecule has 1 aromatic carbocycles. The quantitative estimate of drug-likeness (QED) is 0.531. The van der Waals surface area contributed by atoms with E-state index >= 15 is 0 Å². The Morgan fingerprint density at radius 1 is 1.55 bits per heavy atom. The molecule has 0 saturated carbocycles. The van der Waals surface area contributed by atoms with Crippen LogP contribution in [-0.4, -0.2) is 12.2 Å². The fourth-order valence-electron chi connectivity index (χ4n) is 0.718. The zero-order chi connectivity index (χ0) is 8.27. The van der Waals surface area contributed by atoms with E-state index in [0.29, 0.717) is 11.4 Å². The summed E-state index contributed by atoms with van der Waals surface area (Å²) in [5, 5.41) is 9.20. The van der Waals surface area contributed by atoms with Crippen molar-refractivity contribution in [1.82, 2.24) is 0 Å². The molecular formula is C7H8ClNO2. The van der Waals surface area contributed by atoms with Crippen LogP contribution in [0.2, 0.25) is 0 Å². The van der Waals surface area contributed by atoms with E-state index in [9.17, 15) is 5.11 Å². The van der Waals surface area contributed by atoms with E-state index < -0.39 is 0 Å². The summed E-state index contributed by atoms with van der Waals surface area (Å²) in [7, 11) is 1.53. The monoisotopic (exact) mass is 173 g/mol. The number of phenolic OH excluding ortho intramolecular Hbond substituents is 1. The molecule has 1 aromatic rings. The van der Waals surface area contributed by atoms with Crippen LogP contribution in [0.5, 0.6) is 11.5 Å². The van der Waals surface area contributed by atoms with Crippen LogP contribution in [-0.2, 0) is 0 Å². The van der Waals surface area contributed by atoms with Gasteiger partial charge in [0.25, 0.3) is 0 Å². The molecule has 0 fully saturated rings. The zero-order valence-electron chi connectivity index (χ0n) is 5.97. The molecule has 0 radical (unpaired) electrons. The summed E-state index contributed by atoms with van der Waals surface area (Å²) >= 11 is 5.28. The topological polar surface area (TPSA) is 41.5 Å². The second-order valence-corrected chi connectivity index (χ2v) is 2.17. The number of benzene rings is 1. The highest BCUT2D eigenvalue weighted by Crippen LogP contribution is 2.27. The molecule has 2 N–H and O–H groups in total. The Hall–Kier alpha value is -1.09. The molecule has 60 valence electrons. The van der Waals surface area contributed by atoms with Gasteiger partial charge < -0.3 is 9.84 Å². The van der Waals surface area contributed by atoms with Crippen molar-refractivity contribution in [3.05, 3.63) is 18.2 Å². The number of rotatable bonds is 2. The smallest absolute Gasteiger partial charge is 0.143 e. The highest BCUT2D eigenvalue weighted by Gasteiger charge is 1.99. The second-order valence-electron chi connectivity index (χ2n) is 1.98. The maximum atomic E-state index is 9.20. The highest BCUT2D eigenvalue weighted by molar-refractivity contribution is 6.24. The summed E-state index contributed by atoms with van der Waals surface area (Å²) in [5.74, 6) is 0.664. The van der Waals surface area contributed by atoms with Gasteiger partial charge in [0.15, 0.2) is 0 Å². The zero-order valence-corrected chi connectivity index (χ0v) is 6.72. The van der Waals surface area contributed by atoms with Crippen molar-refractivity contribution < 1.29 is 9.84 Å². The van der Waals surface area contributed by atoms with Gasteiger partial charge in [0.05, 0.1) is 12.8 Å². The van der Waals surface area contributed by atoms with E-state index in [1.807, 2.05) is 0 Å². The minimum atomic E-state index is 0.0688. The normalized spacial score (nSPS) is 9.27. The van der Waals surface area contributed by atoms with Crippen molar-refractivity contribution in [2.75, 3.05) is 11.9 Å². The molecule has 11 heavy (non-hydrogen) atoms. The van der Waals surface area contributed by atoms with Crippen LogP contribution < -0.4 is 9.57 Å². The number of methoxy groups -OCH3 is 1. The van der Waals surface area contributed by atoms with Gasteiger partial charge in [0, 0.05) is 17.8 Å². The Bertz CT molecular complexity index is 252. The molecule has 0 unspecified atom stereocenters. The van der Waals surface area contributed by atoms with Crippen molar-refractivity contribution in [1.29, 1.82) is 0 Å². The van der Waals surface area contributed by atoms with Crippen LogP contribution in [0, 0.1) is 0 Å². The Balaban J connectivity index is 2.99. The molecule has 0 aliphatic rings. The summed E-state index contributed by atoms with van der Waals surface area (Å²) in [6, 6.07) is 4.80. The molecule has 0 atom stereocenters. The number of halogens is 1. The van der Waals surface area contributed by atoms with Gasteiger partial charge in [0.2, 0.25) is 0 Å². The maximum Gasteiger partial charge on any atom is 0.143 e. The maximum absolute atomic E-state index is 9.20. The third-order valence-electron chi connectivity index (χ3n) is 1.31. The van der Waals surface area contributed by atoms with Crippen molar-refractivity contribution >= 4 is 17.5 Å². The first-order valence-corrected chi connectivity index (χ1v) is 3.39. The van der Waals surface area contributed by atoms with E-state index in [4.69, 9.17) is 16.5 Å². The first-order chi connectivity index (χ1) is 5.27. The first kappa shape index (κ1) is 8.01. The number of aromatic hydroxyl groups is 1. The van der Waals surface area contributed by atoms with Crippen LogP contribution in [0.4, 0.5) is 5.69 Å². The molecule has 0 heterocycles. The lowest BCUT2D eigenvalue weighted by Gasteiger charge is -2.03. The molecule has 4 heteroatoms. The van der Waals surface area contributed by atoms with Crippen LogP contribution in [0.1, 0.15) is 0 Å². The van der Waals surface area contributed by atoms with E-state index in [1.165, 1.54) is 13.2 Å². The standard InChI is InChI=1S/C7H8ClNO2/c1-11-5-2-3-6(9-8)7(10)4-5/h2-4,9-10H,1H3. The molecule has 0 aliphatic heterocycles. The molecule has 0 aromatic heterocycles. The van der Waals surface area contributed by atoms with Crippen LogP contribution >= 0.6 is 11.8 Å². The molecule has 0 spiro atoms. The minimum absolute atomic E-state index is 0.0688. The summed E-state index contributed by atoms with van der Waals surface area (Å²) in [4.78, 5) is 2.31. The fourth-order valence-corrected chi connectivity index (χ4v) is 0.878. The molecule has 3 nitrogen and oxygen atoms in total. The Kier molecular flexibility index (Phi) is 2.44. The van der Waals surface area contributed by atoms with Gasteiger partial charge in [-0.15, -0.1) is 0 Å². The van der Waals surface area contributed by atoms with Gasteiger partial charge in [-0.1, -0.05) is 0 Å². The lowest BCUT2D eigenvalue weighted by molar-refractivity contribution is 0.408. The predicted molar refractivity (Wildman–Crippen MR) is 44.1 cm³/mol. The molecule has 1 rings (SSSR count). The number of hydrogen-bond acceptors (Lipinski definition) is 3. The second kappa shape index (κ2) is 3.34. The van der Waals surface area contributed by atoms with Crippen LogP contribution in [0.15, 0.2) is 18.2 Å². The number of hydrogen-bond donors (Lipinski definition) is 2. The molecule has 0 aliphatic carbocycles. The lowest BCUT2D eigenvalue weighted by atomic mass is 10.3. The van der Waals surface area contributed by atoms with E-state index in [0.717, 1.165) is 0 Å². The number of nitrogens with one attached hydrogen (secondary N) is 1. The lowest BCUT2D eigenvalue weighted by Crippen LogP contribution is -1.84. The van der Waals surface area contributed by atoms with Gasteiger partial charge in [-0.3, -0.25) is 4.84 Å². The Morgan fingerprint density at radius 2 is 2.27 bits per heavy atom. The summed E-state index contributed by atoms with van der Waals surface area (Å²) in [6.07, 6.45) is 0. The highest BCUT2D eigenvalue weighted by atomic mass is 35.5. The predicted octanol–water partition coefficient (Wildman–Crippen LogP) is 1.97. The Labute approximate surface area is 69.7 Å². The number of ether oxygens (including phenoxy) is 1. The van der Waals surface area contributed by atoms with Gasteiger partial charge in [-0.2, -0.15) is 0 Å². The molecule has 0 saturated heterocycles. The van der Waals surface area contributed by atoms with Crippen molar-refractivity contribution in [2.24, 2.45) is 0 Å². The number of anilines is 1. The van der Waals surface area contributed by atoms with Gasteiger partial charge in [-0.25, -0.2) is 0 Å². The summed E-state index contributed by atoms with van der Waals surface area (Å²) in [5.41, 5.74) is 0.465. The van der Waals surface area contributed by atoms with Crippen LogP contribution in [0.3, 0.4) is 0 Å². The van der Waals surface area contributed by atoms with Crippen LogP contribution in [0.25, 0.3) is 0 Å². The molecule has 0 bridgehead atoms. The van der Waals surface area contributed by atoms with Crippen molar-refractivity contribution in [3.8, 4) is 11.5 Å². The largest absolute Gasteiger partial charge is 0.506 e. The number of phenols is 1. The van der Waals surface area contributed by atoms with E-state index in [2.05, 4.69) is 4.84 Å². The average molecular weight is 174 g/mol. The molecule has 0 amide bonds. The average Bonchev–Trinajstić information content (AvgIpc) is 2.04. The summed E-state index contributed by atoms with van der Waals surface area (Å²) in [6.45, 7) is 0. The van der Waals surface area contributed by atoms with Crippen molar-refractivity contribution in [2.45, 2.75) is 0 Å². The van der Waals surface area contributed by atoms with E-state index in [1.54, 1.807) is 12.1 Å². The first-order valence-electron chi connectivity index (χ1n) is 3.01. The van der Waals surface area contributed by atoms with Gasteiger partial charge in [0.1, 0.15) is 11.5 Å². The third-order valence-corrected chi connectivity index (χ3v) is 1.51. The minimum Gasteiger partial charge on any atom is -0.506 e.